The van der Waals surface area contributed by atoms with Gasteiger partial charge in [0.15, 0.2) is 0 Å². The molecule has 0 radical (unpaired) electrons. The maximum Gasteiger partial charge on any atom is 0.258 e. The van der Waals surface area contributed by atoms with Crippen LogP contribution in [-0.4, -0.2) is 18.0 Å². The minimum atomic E-state index is -0.316. The molecule has 190 valence electrons. The number of amides is 1. The zero-order valence-corrected chi connectivity index (χ0v) is 21.3. The lowest BCUT2D eigenvalue weighted by Gasteiger charge is -2.24. The summed E-state index contributed by atoms with van der Waals surface area (Å²) in [6.07, 6.45) is 1.68. The van der Waals surface area contributed by atoms with E-state index >= 15 is 0 Å². The number of benzene rings is 4. The van der Waals surface area contributed by atoms with Gasteiger partial charge in [-0.15, -0.1) is 0 Å². The van der Waals surface area contributed by atoms with Crippen LogP contribution in [-0.2, 0) is 6.54 Å². The molecular formula is C32H28FN3O2. The van der Waals surface area contributed by atoms with E-state index in [1.165, 1.54) is 12.1 Å². The minimum absolute atomic E-state index is 0.0228. The van der Waals surface area contributed by atoms with Gasteiger partial charge in [-0.25, -0.2) is 9.37 Å². The largest absolute Gasteiger partial charge is 0.497 e. The highest BCUT2D eigenvalue weighted by molar-refractivity contribution is 6.08. The van der Waals surface area contributed by atoms with Crippen LogP contribution >= 0.6 is 0 Å². The van der Waals surface area contributed by atoms with E-state index in [4.69, 9.17) is 4.74 Å². The van der Waals surface area contributed by atoms with Gasteiger partial charge >= 0.3 is 0 Å². The SMILES string of the molecule is COc1ccc([C@H](C)Nc2cc(N(Cc3ccc(F)cc3)C(=O)c3ccc4ccccc4c3)ccn2)cc1. The van der Waals surface area contributed by atoms with Gasteiger partial charge in [0.05, 0.1) is 13.7 Å². The number of hydrogen-bond acceptors (Lipinski definition) is 4. The Morgan fingerprint density at radius 3 is 2.39 bits per heavy atom. The number of carbonyl (C=O) groups is 1. The third-order valence-electron chi connectivity index (χ3n) is 6.53. The van der Waals surface area contributed by atoms with E-state index in [1.54, 1.807) is 30.3 Å². The number of carbonyl (C=O) groups excluding carboxylic acids is 1. The first kappa shape index (κ1) is 25.0. The number of hydrogen-bond donors (Lipinski definition) is 1. The van der Waals surface area contributed by atoms with Crippen LogP contribution < -0.4 is 15.0 Å². The molecule has 1 aromatic heterocycles. The second-order valence-corrected chi connectivity index (χ2v) is 9.12. The molecule has 5 rings (SSSR count). The van der Waals surface area contributed by atoms with Crippen LogP contribution in [0, 0.1) is 5.82 Å². The highest BCUT2D eigenvalue weighted by Gasteiger charge is 2.20. The van der Waals surface area contributed by atoms with Gasteiger partial charge in [0, 0.05) is 29.6 Å². The Labute approximate surface area is 221 Å². The first-order chi connectivity index (χ1) is 18.5. The molecule has 1 heterocycles. The molecule has 0 unspecified atom stereocenters. The summed E-state index contributed by atoms with van der Waals surface area (Å²) in [5.41, 5.74) is 3.16. The first-order valence-corrected chi connectivity index (χ1v) is 12.4. The lowest BCUT2D eigenvalue weighted by Crippen LogP contribution is -2.30. The summed E-state index contributed by atoms with van der Waals surface area (Å²) in [6, 6.07) is 31.3. The van der Waals surface area contributed by atoms with Crippen LogP contribution in [0.3, 0.4) is 0 Å². The normalized spacial score (nSPS) is 11.7. The Morgan fingerprint density at radius 1 is 0.921 bits per heavy atom. The average molecular weight is 506 g/mol. The number of ether oxygens (including phenoxy) is 1. The van der Waals surface area contributed by atoms with Crippen LogP contribution in [0.2, 0.25) is 0 Å². The number of nitrogens with one attached hydrogen (secondary N) is 1. The standard InChI is InChI=1S/C32H28FN3O2/c1-22(24-11-15-30(38-2)16-12-24)35-31-20-29(17-18-34-31)36(21-23-7-13-28(33)14-8-23)32(37)27-10-9-25-5-3-4-6-26(25)19-27/h3-20,22H,21H2,1-2H3,(H,34,35)/t22-/m0/s1. The van der Waals surface area contributed by atoms with Crippen molar-refractivity contribution in [2.75, 3.05) is 17.3 Å². The third-order valence-corrected chi connectivity index (χ3v) is 6.53. The first-order valence-electron chi connectivity index (χ1n) is 12.4. The number of anilines is 2. The number of halogens is 1. The molecule has 0 fully saturated rings. The molecule has 1 N–H and O–H groups in total. The van der Waals surface area contributed by atoms with Crippen molar-refractivity contribution in [3.05, 3.63) is 132 Å². The Bertz CT molecular complexity index is 1550. The summed E-state index contributed by atoms with van der Waals surface area (Å²) in [5.74, 6) is 0.968. The Balaban J connectivity index is 1.46. The van der Waals surface area contributed by atoms with Crippen LogP contribution in [0.4, 0.5) is 15.9 Å². The second-order valence-electron chi connectivity index (χ2n) is 9.12. The molecule has 0 saturated heterocycles. The molecular weight excluding hydrogens is 477 g/mol. The quantitative estimate of drug-likeness (QED) is 0.239. The predicted molar refractivity (Wildman–Crippen MR) is 150 cm³/mol. The van der Waals surface area contributed by atoms with Crippen molar-refractivity contribution < 1.29 is 13.9 Å². The molecule has 1 atom stereocenters. The van der Waals surface area contributed by atoms with E-state index in [-0.39, 0.29) is 24.3 Å². The summed E-state index contributed by atoms with van der Waals surface area (Å²) < 4.78 is 18.8. The highest BCUT2D eigenvalue weighted by atomic mass is 19.1. The minimum Gasteiger partial charge on any atom is -0.497 e. The molecule has 0 spiro atoms. The summed E-state index contributed by atoms with van der Waals surface area (Å²) in [7, 11) is 1.64. The van der Waals surface area contributed by atoms with Gasteiger partial charge in [-0.2, -0.15) is 0 Å². The number of aromatic nitrogens is 1. The molecule has 5 nitrogen and oxygen atoms in total. The number of nitrogens with zero attached hydrogens (tertiary/aromatic N) is 2. The van der Waals surface area contributed by atoms with Gasteiger partial charge in [-0.3, -0.25) is 4.79 Å². The van der Waals surface area contributed by atoms with Crippen molar-refractivity contribution >= 4 is 28.2 Å². The van der Waals surface area contributed by atoms with Crippen LogP contribution in [0.25, 0.3) is 10.8 Å². The van der Waals surface area contributed by atoms with E-state index in [0.29, 0.717) is 17.1 Å². The summed E-state index contributed by atoms with van der Waals surface area (Å²) >= 11 is 0. The molecule has 0 aliphatic carbocycles. The fourth-order valence-corrected chi connectivity index (χ4v) is 4.39. The van der Waals surface area contributed by atoms with E-state index < -0.39 is 0 Å². The van der Waals surface area contributed by atoms with Crippen LogP contribution in [0.1, 0.15) is 34.5 Å². The van der Waals surface area contributed by atoms with Crippen molar-refractivity contribution in [2.24, 2.45) is 0 Å². The number of methoxy groups -OCH3 is 1. The zero-order chi connectivity index (χ0) is 26.5. The topological polar surface area (TPSA) is 54.5 Å². The molecule has 0 aliphatic rings. The Hall–Kier alpha value is -4.71. The fraction of sp³-hybridized carbons (Fsp3) is 0.125. The van der Waals surface area contributed by atoms with Crippen molar-refractivity contribution in [1.29, 1.82) is 0 Å². The molecule has 6 heteroatoms. The maximum absolute atomic E-state index is 13.9. The van der Waals surface area contributed by atoms with Crippen LogP contribution in [0.15, 0.2) is 109 Å². The average Bonchev–Trinajstić information content (AvgIpc) is 2.96. The monoisotopic (exact) mass is 505 g/mol. The number of fused-ring (bicyclic) bond motifs is 1. The molecule has 0 saturated carbocycles. The third kappa shape index (κ3) is 5.65. The van der Waals surface area contributed by atoms with Gasteiger partial charge in [0.25, 0.3) is 5.91 Å². The van der Waals surface area contributed by atoms with Crippen molar-refractivity contribution in [3.8, 4) is 5.75 Å². The summed E-state index contributed by atoms with van der Waals surface area (Å²) in [4.78, 5) is 20.1. The highest BCUT2D eigenvalue weighted by Crippen LogP contribution is 2.27. The maximum atomic E-state index is 13.9. The van der Waals surface area contributed by atoms with Crippen LogP contribution in [0.5, 0.6) is 5.75 Å². The van der Waals surface area contributed by atoms with E-state index in [1.807, 2.05) is 85.8 Å². The van der Waals surface area contributed by atoms with E-state index in [2.05, 4.69) is 10.3 Å². The second kappa shape index (κ2) is 11.1. The lowest BCUT2D eigenvalue weighted by molar-refractivity contribution is 0.0985. The van der Waals surface area contributed by atoms with Gasteiger partial charge < -0.3 is 15.0 Å². The summed E-state index contributed by atoms with van der Waals surface area (Å²) in [5, 5.41) is 5.48. The Kier molecular flexibility index (Phi) is 7.31. The molecule has 5 aromatic rings. The van der Waals surface area contributed by atoms with Crippen molar-refractivity contribution in [2.45, 2.75) is 19.5 Å². The lowest BCUT2D eigenvalue weighted by atomic mass is 10.1. The predicted octanol–water partition coefficient (Wildman–Crippen LogP) is 7.40. The van der Waals surface area contributed by atoms with Crippen molar-refractivity contribution in [1.82, 2.24) is 4.98 Å². The fourth-order valence-electron chi connectivity index (χ4n) is 4.39. The molecule has 4 aromatic carbocycles. The molecule has 0 bridgehead atoms. The molecule has 38 heavy (non-hydrogen) atoms. The van der Waals surface area contributed by atoms with Crippen molar-refractivity contribution in [3.63, 3.8) is 0 Å². The smallest absolute Gasteiger partial charge is 0.258 e. The van der Waals surface area contributed by atoms with E-state index in [0.717, 1.165) is 27.6 Å². The van der Waals surface area contributed by atoms with Gasteiger partial charge in [0.1, 0.15) is 17.4 Å². The molecule has 1 amide bonds. The summed E-state index contributed by atoms with van der Waals surface area (Å²) in [6.45, 7) is 2.33. The van der Waals surface area contributed by atoms with Gasteiger partial charge in [-0.05, 0) is 71.3 Å². The molecule has 0 aliphatic heterocycles. The zero-order valence-electron chi connectivity index (χ0n) is 21.3. The van der Waals surface area contributed by atoms with Gasteiger partial charge in [-0.1, -0.05) is 54.6 Å². The van der Waals surface area contributed by atoms with Gasteiger partial charge in [0.2, 0.25) is 0 Å². The Morgan fingerprint density at radius 2 is 1.66 bits per heavy atom. The van der Waals surface area contributed by atoms with E-state index in [9.17, 15) is 9.18 Å². The number of pyridine rings is 1. The number of rotatable bonds is 8.